The Hall–Kier alpha value is 0.279. The fourth-order valence-electron chi connectivity index (χ4n) is 2.87. The first kappa shape index (κ1) is 18.3. The molecule has 0 spiro atoms. The van der Waals surface area contributed by atoms with E-state index in [1.165, 1.54) is 38.5 Å². The van der Waals surface area contributed by atoms with E-state index in [0.29, 0.717) is 0 Å². The summed E-state index contributed by atoms with van der Waals surface area (Å²) in [5.41, 5.74) is 0. The molecule has 0 rings (SSSR count). The Morgan fingerprint density at radius 3 is 1.56 bits per heavy atom. The molecular weight excluding hydrogens is 323 g/mol. The van der Waals surface area contributed by atoms with Crippen molar-refractivity contribution >= 4 is 18.4 Å². The van der Waals surface area contributed by atoms with E-state index in [2.05, 4.69) is 40.3 Å². The Morgan fingerprint density at radius 1 is 0.889 bits per heavy atom. The fourth-order valence-corrected chi connectivity index (χ4v) is 18.6. The standard InChI is InChI=1S/C5H7.3C4H9.Sn/c1-3-5-4-2;3*1-3-4-2;/h3,5H,1H2,2H3;3*1,3-4H2,2H3;. The molecule has 0 aromatic carbocycles. The quantitative estimate of drug-likeness (QED) is 0.292. The Balaban J connectivity index is 4.95. The molecule has 0 aliphatic rings. The number of hydrogen-bond donors (Lipinski definition) is 0. The first-order chi connectivity index (χ1) is 8.66. The van der Waals surface area contributed by atoms with Gasteiger partial charge in [0.1, 0.15) is 0 Å². The molecule has 0 bridgehead atoms. The van der Waals surface area contributed by atoms with E-state index < -0.39 is 18.4 Å². The summed E-state index contributed by atoms with van der Waals surface area (Å²) < 4.78 is 6.49. The van der Waals surface area contributed by atoms with Crippen LogP contribution in [0.15, 0.2) is 22.3 Å². The van der Waals surface area contributed by atoms with E-state index in [4.69, 9.17) is 0 Å². The monoisotopic (exact) mass is 358 g/mol. The van der Waals surface area contributed by atoms with Crippen molar-refractivity contribution < 1.29 is 0 Å². The molecule has 0 aromatic heterocycles. The molecule has 0 heterocycles. The van der Waals surface area contributed by atoms with Crippen LogP contribution in [0.3, 0.4) is 0 Å². The average Bonchev–Trinajstić information content (AvgIpc) is 2.38. The molecule has 106 valence electrons. The number of rotatable bonds is 11. The third kappa shape index (κ3) is 6.45. The summed E-state index contributed by atoms with van der Waals surface area (Å²) in [6, 6.07) is 0. The van der Waals surface area contributed by atoms with E-state index in [1.54, 1.807) is 16.9 Å². The van der Waals surface area contributed by atoms with E-state index in [1.807, 2.05) is 6.08 Å². The maximum absolute atomic E-state index is 3.91. The molecule has 18 heavy (non-hydrogen) atoms. The molecule has 0 amide bonds. The SMILES string of the molecule is C=C/C=[C](\C)[Sn]([CH2]CCC)([CH2]CCC)[CH2]CCC. The van der Waals surface area contributed by atoms with Gasteiger partial charge < -0.3 is 0 Å². The van der Waals surface area contributed by atoms with E-state index in [0.717, 1.165) is 0 Å². The van der Waals surface area contributed by atoms with Crippen LogP contribution >= 0.6 is 0 Å². The first-order valence-corrected chi connectivity index (χ1v) is 15.4. The van der Waals surface area contributed by atoms with Crippen LogP contribution in [0.1, 0.15) is 66.2 Å². The predicted octanol–water partition coefficient (Wildman–Crippen LogP) is 6.51. The van der Waals surface area contributed by atoms with Gasteiger partial charge in [0.15, 0.2) is 0 Å². The zero-order valence-corrected chi connectivity index (χ0v) is 16.1. The van der Waals surface area contributed by atoms with E-state index in [9.17, 15) is 0 Å². The van der Waals surface area contributed by atoms with Gasteiger partial charge >= 0.3 is 120 Å². The summed E-state index contributed by atoms with van der Waals surface area (Å²) in [5.74, 6) is 0. The number of unbranched alkanes of at least 4 members (excludes halogenated alkanes) is 3. The Labute approximate surface area is 120 Å². The second-order valence-corrected chi connectivity index (χ2v) is 19.5. The molecule has 0 atom stereocenters. The van der Waals surface area contributed by atoms with Crippen LogP contribution in [-0.4, -0.2) is 18.4 Å². The summed E-state index contributed by atoms with van der Waals surface area (Å²) in [5, 5.41) is 0. The topological polar surface area (TPSA) is 0 Å². The summed E-state index contributed by atoms with van der Waals surface area (Å²) in [6.45, 7) is 13.3. The predicted molar refractivity (Wildman–Crippen MR) is 88.9 cm³/mol. The van der Waals surface area contributed by atoms with Gasteiger partial charge in [0.05, 0.1) is 0 Å². The molecule has 0 N–H and O–H groups in total. The van der Waals surface area contributed by atoms with Crippen molar-refractivity contribution in [3.05, 3.63) is 22.3 Å². The van der Waals surface area contributed by atoms with Crippen LogP contribution in [-0.2, 0) is 0 Å². The summed E-state index contributed by atoms with van der Waals surface area (Å²) >= 11 is -2.04. The second kappa shape index (κ2) is 11.1. The zero-order valence-electron chi connectivity index (χ0n) is 13.2. The normalized spacial score (nSPS) is 12.8. The van der Waals surface area contributed by atoms with Gasteiger partial charge in [-0.3, -0.25) is 0 Å². The van der Waals surface area contributed by atoms with Crippen LogP contribution in [0.5, 0.6) is 0 Å². The van der Waals surface area contributed by atoms with Crippen molar-refractivity contribution in [2.75, 3.05) is 0 Å². The third-order valence-electron chi connectivity index (χ3n) is 4.23. The average molecular weight is 357 g/mol. The Kier molecular flexibility index (Phi) is 11.3. The van der Waals surface area contributed by atoms with Gasteiger partial charge in [0.2, 0.25) is 0 Å². The van der Waals surface area contributed by atoms with Crippen molar-refractivity contribution in [1.82, 2.24) is 0 Å². The maximum atomic E-state index is 3.91. The number of hydrogen-bond acceptors (Lipinski definition) is 0. The van der Waals surface area contributed by atoms with Crippen molar-refractivity contribution in [2.24, 2.45) is 0 Å². The van der Waals surface area contributed by atoms with Crippen LogP contribution in [0.25, 0.3) is 0 Å². The van der Waals surface area contributed by atoms with Crippen LogP contribution in [0, 0.1) is 0 Å². The van der Waals surface area contributed by atoms with Crippen LogP contribution in [0.2, 0.25) is 13.3 Å². The molecule has 0 radical (unpaired) electrons. The van der Waals surface area contributed by atoms with Gasteiger partial charge in [0.25, 0.3) is 0 Å². The van der Waals surface area contributed by atoms with Gasteiger partial charge in [0, 0.05) is 0 Å². The molecule has 0 aliphatic carbocycles. The van der Waals surface area contributed by atoms with Crippen LogP contribution in [0.4, 0.5) is 0 Å². The molecule has 0 aliphatic heterocycles. The molecule has 0 nitrogen and oxygen atoms in total. The van der Waals surface area contributed by atoms with Crippen molar-refractivity contribution in [3.63, 3.8) is 0 Å². The first-order valence-electron chi connectivity index (χ1n) is 7.96. The fraction of sp³-hybridized carbons (Fsp3) is 0.765. The minimum absolute atomic E-state index is 1.36. The van der Waals surface area contributed by atoms with Crippen molar-refractivity contribution in [1.29, 1.82) is 0 Å². The summed E-state index contributed by atoms with van der Waals surface area (Å²) in [4.78, 5) is 0. The second-order valence-electron chi connectivity index (χ2n) is 5.68. The minimum atomic E-state index is -2.04. The van der Waals surface area contributed by atoms with E-state index >= 15 is 0 Å². The molecule has 0 fully saturated rings. The Morgan fingerprint density at radius 2 is 1.28 bits per heavy atom. The molecule has 0 saturated heterocycles. The summed E-state index contributed by atoms with van der Waals surface area (Å²) in [7, 11) is 0. The van der Waals surface area contributed by atoms with Gasteiger partial charge in [-0.2, -0.15) is 0 Å². The zero-order chi connectivity index (χ0) is 13.9. The van der Waals surface area contributed by atoms with Gasteiger partial charge in [-0.1, -0.05) is 0 Å². The molecule has 1 heteroatoms. The third-order valence-corrected chi connectivity index (χ3v) is 20.7. The number of allylic oxidation sites excluding steroid dienone is 3. The van der Waals surface area contributed by atoms with Gasteiger partial charge in [-0.25, -0.2) is 0 Å². The van der Waals surface area contributed by atoms with Gasteiger partial charge in [-0.15, -0.1) is 0 Å². The molecular formula is C17H34Sn. The molecule has 0 saturated carbocycles. The van der Waals surface area contributed by atoms with Crippen molar-refractivity contribution in [3.8, 4) is 0 Å². The van der Waals surface area contributed by atoms with Gasteiger partial charge in [-0.05, 0) is 0 Å². The molecule has 0 unspecified atom stereocenters. The van der Waals surface area contributed by atoms with Crippen LogP contribution < -0.4 is 0 Å². The van der Waals surface area contributed by atoms with E-state index in [-0.39, 0.29) is 0 Å². The summed E-state index contributed by atoms with van der Waals surface area (Å²) in [6.07, 6.45) is 12.8. The Bertz CT molecular complexity index is 218. The molecule has 0 aromatic rings. The van der Waals surface area contributed by atoms with Crippen molar-refractivity contribution in [2.45, 2.75) is 79.5 Å².